The number of carbonyl (C=O) groups excluding carboxylic acids is 3. The van der Waals surface area contributed by atoms with Crippen LogP contribution in [0.25, 0.3) is 0 Å². The maximum Gasteiger partial charge on any atom is 0.323 e. The van der Waals surface area contributed by atoms with Crippen molar-refractivity contribution in [3.8, 4) is 0 Å². The van der Waals surface area contributed by atoms with E-state index in [9.17, 15) is 14.4 Å². The maximum atomic E-state index is 12.1. The van der Waals surface area contributed by atoms with Gasteiger partial charge in [0.1, 0.15) is 6.29 Å². The standard InChI is InChI=1S/C15H22O5/c1-5-6-7-14(10-16)9-15(8-11(14)2,12(17)19-3)13(18)20-4/h10H,2,5-9H2,1,3-4H3. The third-order valence-electron chi connectivity index (χ3n) is 4.19. The molecule has 0 heterocycles. The fraction of sp³-hybridized carbons (Fsp3) is 0.667. The first-order chi connectivity index (χ1) is 9.42. The molecule has 0 saturated heterocycles. The van der Waals surface area contributed by atoms with Gasteiger partial charge in [0, 0.05) is 5.41 Å². The summed E-state index contributed by atoms with van der Waals surface area (Å²) in [6, 6.07) is 0. The van der Waals surface area contributed by atoms with Crippen LogP contribution in [0.1, 0.15) is 39.0 Å². The largest absolute Gasteiger partial charge is 0.468 e. The van der Waals surface area contributed by atoms with E-state index in [4.69, 9.17) is 9.47 Å². The highest BCUT2D eigenvalue weighted by Gasteiger charge is 2.60. The van der Waals surface area contributed by atoms with Crippen molar-refractivity contribution in [1.29, 1.82) is 0 Å². The van der Waals surface area contributed by atoms with Crippen molar-refractivity contribution in [2.45, 2.75) is 39.0 Å². The zero-order valence-corrected chi connectivity index (χ0v) is 12.4. The topological polar surface area (TPSA) is 69.7 Å². The number of ether oxygens (including phenoxy) is 2. The molecule has 1 unspecified atom stereocenters. The molecule has 0 aromatic carbocycles. The van der Waals surface area contributed by atoms with Gasteiger partial charge in [-0.3, -0.25) is 9.59 Å². The molecule has 0 amide bonds. The molecule has 5 heteroatoms. The molecule has 0 aromatic rings. The third-order valence-corrected chi connectivity index (χ3v) is 4.19. The van der Waals surface area contributed by atoms with Gasteiger partial charge < -0.3 is 14.3 Å². The van der Waals surface area contributed by atoms with E-state index in [0.717, 1.165) is 19.1 Å². The van der Waals surface area contributed by atoms with Gasteiger partial charge in [0.15, 0.2) is 5.41 Å². The van der Waals surface area contributed by atoms with Crippen molar-refractivity contribution in [3.05, 3.63) is 12.2 Å². The minimum absolute atomic E-state index is 0.0850. The van der Waals surface area contributed by atoms with Gasteiger partial charge in [0.05, 0.1) is 14.2 Å². The van der Waals surface area contributed by atoms with Crippen molar-refractivity contribution < 1.29 is 23.9 Å². The Morgan fingerprint density at radius 2 is 1.85 bits per heavy atom. The van der Waals surface area contributed by atoms with Crippen LogP contribution in [-0.2, 0) is 23.9 Å². The van der Waals surface area contributed by atoms with E-state index in [1.165, 1.54) is 14.2 Å². The molecule has 1 saturated carbocycles. The number of aldehydes is 1. The number of carbonyl (C=O) groups is 3. The Kier molecular flexibility index (Phi) is 5.09. The summed E-state index contributed by atoms with van der Waals surface area (Å²) >= 11 is 0. The van der Waals surface area contributed by atoms with Gasteiger partial charge in [-0.2, -0.15) is 0 Å². The first-order valence-corrected chi connectivity index (χ1v) is 6.74. The number of esters is 2. The lowest BCUT2D eigenvalue weighted by Gasteiger charge is -2.26. The van der Waals surface area contributed by atoms with Crippen LogP contribution in [0.2, 0.25) is 0 Å². The molecule has 0 bridgehead atoms. The summed E-state index contributed by atoms with van der Waals surface area (Å²) in [6.45, 7) is 5.93. The van der Waals surface area contributed by atoms with E-state index in [1.807, 2.05) is 6.92 Å². The van der Waals surface area contributed by atoms with Crippen LogP contribution in [0.15, 0.2) is 12.2 Å². The predicted molar refractivity (Wildman–Crippen MR) is 72.9 cm³/mol. The van der Waals surface area contributed by atoms with E-state index in [-0.39, 0.29) is 12.8 Å². The molecule has 1 rings (SSSR count). The van der Waals surface area contributed by atoms with Gasteiger partial charge in [-0.25, -0.2) is 0 Å². The monoisotopic (exact) mass is 282 g/mol. The fourth-order valence-corrected chi connectivity index (χ4v) is 2.97. The predicted octanol–water partition coefficient (Wildman–Crippen LogP) is 2.04. The number of methoxy groups -OCH3 is 2. The number of allylic oxidation sites excluding steroid dienone is 1. The Balaban J connectivity index is 3.19. The first-order valence-electron chi connectivity index (χ1n) is 6.74. The van der Waals surface area contributed by atoms with Gasteiger partial charge in [-0.1, -0.05) is 31.9 Å². The third kappa shape index (κ3) is 2.49. The van der Waals surface area contributed by atoms with Gasteiger partial charge in [-0.15, -0.1) is 0 Å². The Bertz CT molecular complexity index is 410. The Morgan fingerprint density at radius 3 is 2.25 bits per heavy atom. The van der Waals surface area contributed by atoms with E-state index in [2.05, 4.69) is 6.58 Å². The van der Waals surface area contributed by atoms with Crippen LogP contribution >= 0.6 is 0 Å². The van der Waals surface area contributed by atoms with Gasteiger partial charge in [0.25, 0.3) is 0 Å². The summed E-state index contributed by atoms with van der Waals surface area (Å²) in [7, 11) is 2.45. The van der Waals surface area contributed by atoms with Crippen LogP contribution in [0.3, 0.4) is 0 Å². The van der Waals surface area contributed by atoms with E-state index < -0.39 is 22.8 Å². The molecule has 5 nitrogen and oxygen atoms in total. The van der Waals surface area contributed by atoms with Crippen LogP contribution in [0.5, 0.6) is 0 Å². The first kappa shape index (κ1) is 16.4. The molecule has 0 aliphatic heterocycles. The quantitative estimate of drug-likeness (QED) is 0.323. The molecule has 1 fully saturated rings. The Hall–Kier alpha value is -1.65. The van der Waals surface area contributed by atoms with Gasteiger partial charge in [-0.05, 0) is 19.3 Å². The van der Waals surface area contributed by atoms with E-state index in [1.54, 1.807) is 0 Å². The lowest BCUT2D eigenvalue weighted by molar-refractivity contribution is -0.169. The number of hydrogen-bond acceptors (Lipinski definition) is 5. The second-order valence-electron chi connectivity index (χ2n) is 5.40. The lowest BCUT2D eigenvalue weighted by atomic mass is 9.76. The average Bonchev–Trinajstić information content (AvgIpc) is 2.78. The zero-order chi connectivity index (χ0) is 15.4. The molecule has 1 aliphatic rings. The summed E-state index contributed by atoms with van der Waals surface area (Å²) in [5.41, 5.74) is -1.66. The molecule has 0 radical (unpaired) electrons. The molecule has 0 N–H and O–H groups in total. The molecular formula is C15H22O5. The molecular weight excluding hydrogens is 260 g/mol. The summed E-state index contributed by atoms with van der Waals surface area (Å²) in [5, 5.41) is 0. The minimum atomic E-state index is -1.44. The molecule has 112 valence electrons. The number of hydrogen-bond donors (Lipinski definition) is 0. The molecule has 1 aliphatic carbocycles. The second-order valence-corrected chi connectivity index (χ2v) is 5.40. The van der Waals surface area contributed by atoms with Crippen LogP contribution in [0.4, 0.5) is 0 Å². The van der Waals surface area contributed by atoms with Crippen molar-refractivity contribution in [1.82, 2.24) is 0 Å². The van der Waals surface area contributed by atoms with Gasteiger partial charge in [0.2, 0.25) is 0 Å². The van der Waals surface area contributed by atoms with Crippen molar-refractivity contribution in [2.75, 3.05) is 14.2 Å². The minimum Gasteiger partial charge on any atom is -0.468 e. The molecule has 20 heavy (non-hydrogen) atoms. The Morgan fingerprint density at radius 1 is 1.30 bits per heavy atom. The van der Waals surface area contributed by atoms with E-state index in [0.29, 0.717) is 12.0 Å². The lowest BCUT2D eigenvalue weighted by Crippen LogP contribution is -2.40. The average molecular weight is 282 g/mol. The summed E-state index contributed by atoms with van der Waals surface area (Å²) < 4.78 is 9.51. The number of rotatable bonds is 6. The molecule has 0 spiro atoms. The van der Waals surface area contributed by atoms with Gasteiger partial charge >= 0.3 is 11.9 Å². The summed E-state index contributed by atoms with van der Waals surface area (Å²) in [4.78, 5) is 35.7. The second kappa shape index (κ2) is 6.20. The number of unbranched alkanes of at least 4 members (excludes halogenated alkanes) is 1. The fourth-order valence-electron chi connectivity index (χ4n) is 2.97. The smallest absolute Gasteiger partial charge is 0.323 e. The highest BCUT2D eigenvalue weighted by Crippen LogP contribution is 2.54. The normalized spacial score (nSPS) is 24.2. The highest BCUT2D eigenvalue weighted by molar-refractivity contribution is 6.02. The van der Waals surface area contributed by atoms with E-state index >= 15 is 0 Å². The van der Waals surface area contributed by atoms with Crippen LogP contribution in [0, 0.1) is 10.8 Å². The maximum absolute atomic E-state index is 12.1. The highest BCUT2D eigenvalue weighted by atomic mass is 16.5. The summed E-state index contributed by atoms with van der Waals surface area (Å²) in [5.74, 6) is -1.32. The van der Waals surface area contributed by atoms with Crippen molar-refractivity contribution >= 4 is 18.2 Å². The molecule has 0 aromatic heterocycles. The zero-order valence-electron chi connectivity index (χ0n) is 12.4. The van der Waals surface area contributed by atoms with Crippen molar-refractivity contribution in [3.63, 3.8) is 0 Å². The van der Waals surface area contributed by atoms with Crippen molar-refractivity contribution in [2.24, 2.45) is 10.8 Å². The summed E-state index contributed by atoms with van der Waals surface area (Å²) in [6.07, 6.45) is 3.35. The Labute approximate surface area is 119 Å². The SMILES string of the molecule is C=C1CC(C(=O)OC)(C(=O)OC)CC1(C=O)CCCC. The van der Waals surface area contributed by atoms with Crippen LogP contribution in [-0.4, -0.2) is 32.4 Å². The molecule has 1 atom stereocenters. The van der Waals surface area contributed by atoms with Crippen LogP contribution < -0.4 is 0 Å².